The van der Waals surface area contributed by atoms with Gasteiger partial charge in [-0.25, -0.2) is 9.97 Å². The fourth-order valence-corrected chi connectivity index (χ4v) is 4.11. The number of benzene rings is 1. The highest BCUT2D eigenvalue weighted by Crippen LogP contribution is 2.33. The molecule has 1 aliphatic heterocycles. The Kier molecular flexibility index (Phi) is 6.49. The predicted octanol–water partition coefficient (Wildman–Crippen LogP) is 3.37. The van der Waals surface area contributed by atoms with E-state index >= 15 is 0 Å². The minimum Gasteiger partial charge on any atom is -0.497 e. The lowest BCUT2D eigenvalue weighted by molar-refractivity contribution is -0.135. The number of carbonyl (C=O) groups excluding carboxylic acids is 2. The molecule has 31 heavy (non-hydrogen) atoms. The maximum absolute atomic E-state index is 13.2. The number of nitrogens with zero attached hydrogens (tertiary/aromatic N) is 3. The van der Waals surface area contributed by atoms with E-state index in [9.17, 15) is 9.59 Å². The van der Waals surface area contributed by atoms with Crippen molar-refractivity contribution in [3.05, 3.63) is 53.1 Å². The van der Waals surface area contributed by atoms with Crippen LogP contribution in [0.5, 0.6) is 5.75 Å². The van der Waals surface area contributed by atoms with Gasteiger partial charge in [-0.15, -0.1) is 0 Å². The first-order valence-corrected chi connectivity index (χ1v) is 11.1. The highest BCUT2D eigenvalue weighted by molar-refractivity contribution is 5.95. The van der Waals surface area contributed by atoms with Gasteiger partial charge in [0.15, 0.2) is 0 Å². The fourth-order valence-electron chi connectivity index (χ4n) is 4.11. The van der Waals surface area contributed by atoms with Gasteiger partial charge in [-0.2, -0.15) is 0 Å². The molecule has 1 aromatic carbocycles. The van der Waals surface area contributed by atoms with Crippen molar-refractivity contribution < 1.29 is 14.3 Å². The molecule has 7 heteroatoms. The lowest BCUT2D eigenvalue weighted by Crippen LogP contribution is -2.40. The van der Waals surface area contributed by atoms with Crippen LogP contribution >= 0.6 is 0 Å². The summed E-state index contributed by atoms with van der Waals surface area (Å²) in [4.78, 5) is 36.8. The zero-order valence-corrected chi connectivity index (χ0v) is 18.3. The molecule has 1 saturated heterocycles. The Morgan fingerprint density at radius 1 is 1.16 bits per heavy atom. The van der Waals surface area contributed by atoms with Crippen molar-refractivity contribution in [3.63, 3.8) is 0 Å². The summed E-state index contributed by atoms with van der Waals surface area (Å²) < 4.78 is 5.20. The van der Waals surface area contributed by atoms with Gasteiger partial charge in [0.2, 0.25) is 5.91 Å². The molecule has 164 valence electrons. The van der Waals surface area contributed by atoms with Crippen molar-refractivity contribution in [2.24, 2.45) is 0 Å². The number of piperidine rings is 1. The molecule has 1 unspecified atom stereocenters. The van der Waals surface area contributed by atoms with Crippen LogP contribution in [0.25, 0.3) is 0 Å². The number of methoxy groups -OCH3 is 1. The van der Waals surface area contributed by atoms with Crippen molar-refractivity contribution in [2.75, 3.05) is 13.7 Å². The molecule has 7 nitrogen and oxygen atoms in total. The van der Waals surface area contributed by atoms with Crippen molar-refractivity contribution >= 4 is 11.8 Å². The van der Waals surface area contributed by atoms with Crippen molar-refractivity contribution in [1.82, 2.24) is 20.2 Å². The topological polar surface area (TPSA) is 84.4 Å². The van der Waals surface area contributed by atoms with Crippen LogP contribution in [0.2, 0.25) is 0 Å². The van der Waals surface area contributed by atoms with E-state index in [0.717, 1.165) is 43.4 Å². The zero-order chi connectivity index (χ0) is 21.8. The standard InChI is InChI=1S/C24H30N4O3/c1-16-25-15-20(24(30)27-18-9-10-18)23(26-16)21-5-3-4-14-28(21)22(29)13-8-17-6-11-19(31-2)12-7-17/h6-7,11-12,15,18,21H,3-5,8-10,13-14H2,1-2H3,(H,27,30). The van der Waals surface area contributed by atoms with Crippen molar-refractivity contribution in [3.8, 4) is 5.75 Å². The van der Waals surface area contributed by atoms with E-state index in [0.29, 0.717) is 36.5 Å². The first kappa shape index (κ1) is 21.3. The number of hydrogen-bond acceptors (Lipinski definition) is 5. The van der Waals surface area contributed by atoms with Crippen molar-refractivity contribution in [1.29, 1.82) is 0 Å². The van der Waals surface area contributed by atoms with Crippen LogP contribution in [0.15, 0.2) is 30.5 Å². The molecule has 4 rings (SSSR count). The normalized spacial score (nSPS) is 18.5. The maximum Gasteiger partial charge on any atom is 0.255 e. The Morgan fingerprint density at radius 3 is 2.65 bits per heavy atom. The van der Waals surface area contributed by atoms with Gasteiger partial charge in [0.05, 0.1) is 24.4 Å². The van der Waals surface area contributed by atoms with Crippen LogP contribution in [-0.2, 0) is 11.2 Å². The van der Waals surface area contributed by atoms with E-state index < -0.39 is 0 Å². The third-order valence-corrected chi connectivity index (χ3v) is 6.02. The third-order valence-electron chi connectivity index (χ3n) is 6.02. The Hall–Kier alpha value is -2.96. The zero-order valence-electron chi connectivity index (χ0n) is 18.3. The third kappa shape index (κ3) is 5.21. The fraction of sp³-hybridized carbons (Fsp3) is 0.500. The number of hydrogen-bond donors (Lipinski definition) is 1. The Balaban J connectivity index is 1.50. The van der Waals surface area contributed by atoms with Crippen LogP contribution < -0.4 is 10.1 Å². The van der Waals surface area contributed by atoms with Gasteiger partial charge in [-0.05, 0) is 63.1 Å². The van der Waals surface area contributed by atoms with Crippen LogP contribution in [0.3, 0.4) is 0 Å². The molecule has 2 fully saturated rings. The molecule has 1 aliphatic carbocycles. The minimum absolute atomic E-state index is 0.102. The molecule has 2 aromatic rings. The Labute approximate surface area is 183 Å². The van der Waals surface area contributed by atoms with Gasteiger partial charge in [-0.1, -0.05) is 12.1 Å². The van der Waals surface area contributed by atoms with Crippen molar-refractivity contribution in [2.45, 2.75) is 64.0 Å². The number of amides is 2. The molecule has 0 radical (unpaired) electrons. The minimum atomic E-state index is -0.182. The number of aryl methyl sites for hydroxylation is 2. The second-order valence-corrected chi connectivity index (χ2v) is 8.41. The second-order valence-electron chi connectivity index (χ2n) is 8.41. The van der Waals surface area contributed by atoms with E-state index in [1.54, 1.807) is 13.3 Å². The van der Waals surface area contributed by atoms with Gasteiger partial charge >= 0.3 is 0 Å². The molecule has 0 spiro atoms. The summed E-state index contributed by atoms with van der Waals surface area (Å²) in [5.74, 6) is 1.40. The summed E-state index contributed by atoms with van der Waals surface area (Å²) in [5, 5.41) is 3.04. The Morgan fingerprint density at radius 2 is 1.94 bits per heavy atom. The summed E-state index contributed by atoms with van der Waals surface area (Å²) in [6.07, 6.45) is 7.55. The number of aromatic nitrogens is 2. The van der Waals surface area contributed by atoms with E-state index in [1.807, 2.05) is 36.1 Å². The molecular formula is C24H30N4O3. The summed E-state index contributed by atoms with van der Waals surface area (Å²) in [6, 6.07) is 7.89. The van der Waals surface area contributed by atoms with Crippen LogP contribution in [0.1, 0.15) is 72.0 Å². The second kappa shape index (κ2) is 9.45. The molecule has 2 amide bonds. The average molecular weight is 423 g/mol. The van der Waals surface area contributed by atoms with Gasteiger partial charge in [-0.3, -0.25) is 9.59 Å². The van der Waals surface area contributed by atoms with Gasteiger partial charge in [0, 0.05) is 25.2 Å². The highest BCUT2D eigenvalue weighted by atomic mass is 16.5. The quantitative estimate of drug-likeness (QED) is 0.740. The first-order chi connectivity index (χ1) is 15.0. The summed E-state index contributed by atoms with van der Waals surface area (Å²) in [7, 11) is 1.64. The Bertz CT molecular complexity index is 940. The molecule has 0 bridgehead atoms. The molecular weight excluding hydrogens is 392 g/mol. The van der Waals surface area contributed by atoms with Gasteiger partial charge in [0.25, 0.3) is 5.91 Å². The van der Waals surface area contributed by atoms with Crippen LogP contribution in [0, 0.1) is 6.92 Å². The van der Waals surface area contributed by atoms with Gasteiger partial charge in [0.1, 0.15) is 11.6 Å². The number of rotatable bonds is 7. The van der Waals surface area contributed by atoms with E-state index in [2.05, 4.69) is 15.3 Å². The summed E-state index contributed by atoms with van der Waals surface area (Å²) in [5.41, 5.74) is 2.28. The monoisotopic (exact) mass is 422 g/mol. The molecule has 1 N–H and O–H groups in total. The predicted molar refractivity (Wildman–Crippen MR) is 117 cm³/mol. The highest BCUT2D eigenvalue weighted by Gasteiger charge is 2.33. The number of nitrogens with one attached hydrogen (secondary N) is 1. The first-order valence-electron chi connectivity index (χ1n) is 11.1. The maximum atomic E-state index is 13.2. The molecule has 2 aliphatic rings. The smallest absolute Gasteiger partial charge is 0.255 e. The number of likely N-dealkylation sites (tertiary alicyclic amines) is 1. The van der Waals surface area contributed by atoms with E-state index in [4.69, 9.17) is 4.74 Å². The molecule has 1 aromatic heterocycles. The van der Waals surface area contributed by atoms with Gasteiger partial charge < -0.3 is 15.0 Å². The SMILES string of the molecule is COc1ccc(CCC(=O)N2CCCCC2c2nc(C)ncc2C(=O)NC2CC2)cc1. The van der Waals surface area contributed by atoms with Crippen LogP contribution in [0.4, 0.5) is 0 Å². The number of carbonyl (C=O) groups is 2. The molecule has 1 saturated carbocycles. The summed E-state index contributed by atoms with van der Waals surface area (Å²) in [6.45, 7) is 2.52. The van der Waals surface area contributed by atoms with E-state index in [-0.39, 0.29) is 23.9 Å². The van der Waals surface area contributed by atoms with E-state index in [1.165, 1.54) is 0 Å². The summed E-state index contributed by atoms with van der Waals surface area (Å²) >= 11 is 0. The average Bonchev–Trinajstić information content (AvgIpc) is 3.61. The number of ether oxygens (including phenoxy) is 1. The lowest BCUT2D eigenvalue weighted by atomic mass is 9.95. The molecule has 2 heterocycles. The molecule has 1 atom stereocenters. The lowest BCUT2D eigenvalue weighted by Gasteiger charge is -2.36. The van der Waals surface area contributed by atoms with Crippen LogP contribution in [-0.4, -0.2) is 46.4 Å². The largest absolute Gasteiger partial charge is 0.497 e.